The molecule has 0 aromatic heterocycles. The summed E-state index contributed by atoms with van der Waals surface area (Å²) >= 11 is 0. The Bertz CT molecular complexity index is 860. The minimum atomic E-state index is -0.578. The van der Waals surface area contributed by atoms with Crippen molar-refractivity contribution in [3.8, 4) is 0 Å². The summed E-state index contributed by atoms with van der Waals surface area (Å²) in [5, 5.41) is 5.61. The van der Waals surface area contributed by atoms with Crippen LogP contribution in [0.25, 0.3) is 0 Å². The van der Waals surface area contributed by atoms with Crippen molar-refractivity contribution in [2.75, 3.05) is 17.7 Å². The number of esters is 1. The van der Waals surface area contributed by atoms with Gasteiger partial charge in [-0.05, 0) is 36.2 Å². The van der Waals surface area contributed by atoms with Crippen LogP contribution in [0.3, 0.4) is 0 Å². The summed E-state index contributed by atoms with van der Waals surface area (Å²) in [6.07, 6.45) is 0.0819. The lowest BCUT2D eigenvalue weighted by molar-refractivity contribution is -0.123. The molecule has 3 rings (SSSR count). The van der Waals surface area contributed by atoms with E-state index in [4.69, 9.17) is 4.74 Å². The highest BCUT2D eigenvalue weighted by Gasteiger charge is 2.30. The summed E-state index contributed by atoms with van der Waals surface area (Å²) in [5.41, 5.74) is 2.97. The van der Waals surface area contributed by atoms with E-state index >= 15 is 0 Å². The Kier molecular flexibility index (Phi) is 4.52. The van der Waals surface area contributed by atoms with Crippen molar-refractivity contribution >= 4 is 29.2 Å². The van der Waals surface area contributed by atoms with Crippen molar-refractivity contribution in [3.63, 3.8) is 0 Å². The van der Waals surface area contributed by atoms with E-state index in [1.54, 1.807) is 31.2 Å². The van der Waals surface area contributed by atoms with Crippen molar-refractivity contribution in [3.05, 3.63) is 59.2 Å². The second kappa shape index (κ2) is 6.76. The molecule has 6 heteroatoms. The largest absolute Gasteiger partial charge is 0.465 e. The van der Waals surface area contributed by atoms with Gasteiger partial charge in [0.25, 0.3) is 0 Å². The maximum Gasteiger partial charge on any atom is 0.338 e. The summed E-state index contributed by atoms with van der Waals surface area (Å²) in [4.78, 5) is 36.5. The molecule has 128 valence electrons. The number of amides is 2. The number of anilines is 2. The van der Waals surface area contributed by atoms with E-state index in [0.29, 0.717) is 22.5 Å². The number of ether oxygens (including phenoxy) is 1. The molecule has 0 spiro atoms. The molecule has 0 saturated carbocycles. The van der Waals surface area contributed by atoms with E-state index in [9.17, 15) is 14.4 Å². The number of nitrogens with one attached hydrogen (secondary N) is 2. The van der Waals surface area contributed by atoms with Gasteiger partial charge in [0.15, 0.2) is 0 Å². The molecule has 0 saturated heterocycles. The van der Waals surface area contributed by atoms with Gasteiger partial charge in [-0.2, -0.15) is 0 Å². The Morgan fingerprint density at radius 2 is 1.92 bits per heavy atom. The summed E-state index contributed by atoms with van der Waals surface area (Å²) in [6.45, 7) is 1.74. The predicted molar refractivity (Wildman–Crippen MR) is 93.6 cm³/mol. The van der Waals surface area contributed by atoms with Crippen LogP contribution in [-0.4, -0.2) is 24.9 Å². The average molecular weight is 338 g/mol. The number of hydrogen-bond acceptors (Lipinski definition) is 4. The number of benzene rings is 2. The van der Waals surface area contributed by atoms with E-state index in [0.717, 1.165) is 5.56 Å². The average Bonchev–Trinajstić information content (AvgIpc) is 2.62. The number of carbonyl (C=O) groups is 3. The van der Waals surface area contributed by atoms with Crippen LogP contribution in [0.2, 0.25) is 0 Å². The fourth-order valence-corrected chi connectivity index (χ4v) is 2.97. The van der Waals surface area contributed by atoms with Gasteiger partial charge in [0.1, 0.15) is 0 Å². The molecule has 1 aliphatic heterocycles. The lowest BCUT2D eigenvalue weighted by Crippen LogP contribution is -2.31. The molecule has 6 nitrogen and oxygen atoms in total. The number of carbonyl (C=O) groups excluding carboxylic acids is 3. The third kappa shape index (κ3) is 3.24. The van der Waals surface area contributed by atoms with Crippen LogP contribution in [0.1, 0.15) is 33.8 Å². The highest BCUT2D eigenvalue weighted by Crippen LogP contribution is 2.33. The third-order valence-electron chi connectivity index (χ3n) is 4.31. The van der Waals surface area contributed by atoms with Crippen LogP contribution in [0.5, 0.6) is 0 Å². The second-order valence-electron chi connectivity index (χ2n) is 5.85. The quantitative estimate of drug-likeness (QED) is 0.843. The molecule has 0 radical (unpaired) electrons. The second-order valence-corrected chi connectivity index (χ2v) is 5.85. The minimum Gasteiger partial charge on any atom is -0.465 e. The first-order chi connectivity index (χ1) is 12.0. The molecule has 2 aromatic rings. The van der Waals surface area contributed by atoms with Crippen LogP contribution in [0, 0.1) is 6.92 Å². The Morgan fingerprint density at radius 1 is 1.16 bits per heavy atom. The van der Waals surface area contributed by atoms with Gasteiger partial charge in [0.2, 0.25) is 11.8 Å². The van der Waals surface area contributed by atoms with Gasteiger partial charge in [-0.1, -0.05) is 24.3 Å². The lowest BCUT2D eigenvalue weighted by atomic mass is 9.89. The monoisotopic (exact) mass is 338 g/mol. The van der Waals surface area contributed by atoms with Crippen molar-refractivity contribution in [2.24, 2.45) is 0 Å². The van der Waals surface area contributed by atoms with E-state index in [1.165, 1.54) is 7.11 Å². The third-order valence-corrected chi connectivity index (χ3v) is 4.31. The Labute approximate surface area is 145 Å². The SMILES string of the molecule is COC(=O)c1cccc(NC(=O)[C@H]2CC(=O)Nc3ccccc32)c1C. The van der Waals surface area contributed by atoms with Gasteiger partial charge < -0.3 is 15.4 Å². The van der Waals surface area contributed by atoms with E-state index in [2.05, 4.69) is 10.6 Å². The predicted octanol–water partition coefficient (Wildman–Crippen LogP) is 2.85. The Balaban J connectivity index is 1.89. The van der Waals surface area contributed by atoms with Gasteiger partial charge >= 0.3 is 5.97 Å². The van der Waals surface area contributed by atoms with Crippen molar-refractivity contribution in [2.45, 2.75) is 19.3 Å². The zero-order valence-corrected chi connectivity index (χ0v) is 14.0. The van der Waals surface area contributed by atoms with E-state index in [-0.39, 0.29) is 18.2 Å². The van der Waals surface area contributed by atoms with Crippen LogP contribution < -0.4 is 10.6 Å². The number of methoxy groups -OCH3 is 1. The Hall–Kier alpha value is -3.15. The summed E-state index contributed by atoms with van der Waals surface area (Å²) < 4.78 is 4.75. The van der Waals surface area contributed by atoms with Gasteiger partial charge in [-0.3, -0.25) is 9.59 Å². The molecule has 1 aliphatic rings. The maximum absolute atomic E-state index is 12.8. The number of para-hydroxylation sites is 1. The number of fused-ring (bicyclic) bond motifs is 1. The first kappa shape index (κ1) is 16.7. The van der Waals surface area contributed by atoms with E-state index in [1.807, 2.05) is 18.2 Å². The van der Waals surface area contributed by atoms with Gasteiger partial charge in [0.05, 0.1) is 18.6 Å². The lowest BCUT2D eigenvalue weighted by Gasteiger charge is -2.25. The minimum absolute atomic E-state index is 0.0819. The molecule has 2 amide bonds. The molecule has 25 heavy (non-hydrogen) atoms. The molecule has 0 unspecified atom stereocenters. The van der Waals surface area contributed by atoms with Gasteiger partial charge in [-0.25, -0.2) is 4.79 Å². The number of rotatable bonds is 3. The maximum atomic E-state index is 12.8. The van der Waals surface area contributed by atoms with E-state index < -0.39 is 11.9 Å². The van der Waals surface area contributed by atoms with Crippen LogP contribution >= 0.6 is 0 Å². The highest BCUT2D eigenvalue weighted by molar-refractivity contribution is 6.05. The molecule has 2 aromatic carbocycles. The fraction of sp³-hybridized carbons (Fsp3) is 0.211. The molecule has 0 aliphatic carbocycles. The van der Waals surface area contributed by atoms with Crippen molar-refractivity contribution in [1.82, 2.24) is 0 Å². The molecule has 0 fully saturated rings. The normalized spacial score (nSPS) is 15.8. The molecular weight excluding hydrogens is 320 g/mol. The first-order valence-corrected chi connectivity index (χ1v) is 7.89. The molecule has 2 N–H and O–H groups in total. The molecular formula is C19H18N2O4. The fourth-order valence-electron chi connectivity index (χ4n) is 2.97. The molecule has 1 atom stereocenters. The van der Waals surface area contributed by atoms with Crippen molar-refractivity contribution in [1.29, 1.82) is 0 Å². The van der Waals surface area contributed by atoms with Crippen LogP contribution in [0.4, 0.5) is 11.4 Å². The first-order valence-electron chi connectivity index (χ1n) is 7.89. The summed E-state index contributed by atoms with van der Waals surface area (Å²) in [7, 11) is 1.31. The topological polar surface area (TPSA) is 84.5 Å². The standard InChI is InChI=1S/C19H18N2O4/c1-11-12(19(24)25-2)7-5-9-15(11)21-18(23)14-10-17(22)20-16-8-4-3-6-13(14)16/h3-9,14H,10H2,1-2H3,(H,20,22)(H,21,23)/t14-/m0/s1. The zero-order valence-electron chi connectivity index (χ0n) is 14.0. The molecule has 0 bridgehead atoms. The zero-order chi connectivity index (χ0) is 18.0. The van der Waals surface area contributed by atoms with Gasteiger partial charge in [-0.15, -0.1) is 0 Å². The van der Waals surface area contributed by atoms with Crippen LogP contribution in [-0.2, 0) is 14.3 Å². The Morgan fingerprint density at radius 3 is 2.68 bits per heavy atom. The smallest absolute Gasteiger partial charge is 0.338 e. The van der Waals surface area contributed by atoms with Crippen LogP contribution in [0.15, 0.2) is 42.5 Å². The number of hydrogen-bond donors (Lipinski definition) is 2. The molecule has 1 heterocycles. The summed E-state index contributed by atoms with van der Waals surface area (Å²) in [6, 6.07) is 12.3. The van der Waals surface area contributed by atoms with Gasteiger partial charge in [0, 0.05) is 17.8 Å². The highest BCUT2D eigenvalue weighted by atomic mass is 16.5. The summed E-state index contributed by atoms with van der Waals surface area (Å²) in [5.74, 6) is -1.52. The van der Waals surface area contributed by atoms with Crippen molar-refractivity contribution < 1.29 is 19.1 Å².